The third-order valence-electron chi connectivity index (χ3n) is 12.9. The minimum absolute atomic E-state index is 0.118. The number of aryl methyl sites for hydroxylation is 4. The van der Waals surface area contributed by atoms with Gasteiger partial charge in [0.15, 0.2) is 0 Å². The number of hydrogen-bond acceptors (Lipinski definition) is 6. The number of pyridine rings is 2. The van der Waals surface area contributed by atoms with Crippen LogP contribution >= 0.6 is 45.3 Å². The monoisotopic (exact) mass is 1090 g/mol. The van der Waals surface area contributed by atoms with Gasteiger partial charge in [0.1, 0.15) is 0 Å². The topological polar surface area (TPSA) is 25.8 Å². The normalized spacial score (nSPS) is 18.4. The van der Waals surface area contributed by atoms with E-state index in [1.54, 1.807) is 97.1 Å². The van der Waals surface area contributed by atoms with E-state index in [-0.39, 0.29) is 30.6 Å². The summed E-state index contributed by atoms with van der Waals surface area (Å²) in [5, 5.41) is 0. The van der Waals surface area contributed by atoms with E-state index < -0.39 is 69.0 Å². The predicted octanol–water partition coefficient (Wildman–Crippen LogP) is 19.0. The number of allylic oxidation sites excluding steroid dienone is 4. The average Bonchev–Trinajstić information content (AvgIpc) is 4.17. The van der Waals surface area contributed by atoms with Gasteiger partial charge in [0.05, 0.1) is 11.4 Å². The first kappa shape index (κ1) is 51.2. The van der Waals surface area contributed by atoms with Gasteiger partial charge < -0.3 is 0 Å². The van der Waals surface area contributed by atoms with Crippen LogP contribution in [-0.4, -0.2) is 45.5 Å². The van der Waals surface area contributed by atoms with Crippen LogP contribution in [0.4, 0.5) is 52.7 Å². The molecule has 0 atom stereocenters. The maximum atomic E-state index is 15.9. The quantitative estimate of drug-likeness (QED) is 0.121. The molecule has 10 rings (SSSR count). The van der Waals surface area contributed by atoms with Gasteiger partial charge in [-0.3, -0.25) is 9.97 Å². The number of halogens is 12. The Morgan fingerprint density at radius 3 is 1.01 bits per heavy atom. The zero-order chi connectivity index (χ0) is 52.9. The van der Waals surface area contributed by atoms with Gasteiger partial charge in [0.25, 0.3) is 0 Å². The average molecular weight is 1090 g/mol. The van der Waals surface area contributed by atoms with Crippen molar-refractivity contribution in [2.75, 3.05) is 0 Å². The number of rotatable bonds is 11. The van der Waals surface area contributed by atoms with E-state index in [1.165, 1.54) is 76.5 Å². The van der Waals surface area contributed by atoms with Crippen molar-refractivity contribution in [1.82, 2.24) is 9.97 Å². The molecule has 0 radical (unpaired) electrons. The second kappa shape index (κ2) is 18.2. The molecule has 0 unspecified atom stereocenters. The number of alkyl halides is 12. The molecular weight excluding hydrogens is 1060 g/mol. The fourth-order valence-electron chi connectivity index (χ4n) is 9.22. The Bertz CT molecular complexity index is 3390. The van der Waals surface area contributed by atoms with Gasteiger partial charge in [-0.2, -0.15) is 52.7 Å². The SMILES string of the molecule is Cc1sc(/C=C/c2ccnc(-c3cc(/C=C/c4cc(C5=C(c6cc(-c7ccccc7)sc6C)C(F)(F)C(F)(F)C5(F)F)c(C)s4)ccn3)c2)cc1C1=C(c2cc(-c3ccccc3)sc2C)C(F)(F)C(F)(F)C1(F)F. The van der Waals surface area contributed by atoms with Crippen molar-refractivity contribution < 1.29 is 52.7 Å². The van der Waals surface area contributed by atoms with E-state index in [0.717, 1.165) is 45.3 Å². The van der Waals surface area contributed by atoms with E-state index in [2.05, 4.69) is 9.97 Å². The molecule has 2 aliphatic carbocycles. The highest BCUT2D eigenvalue weighted by atomic mass is 32.1. The van der Waals surface area contributed by atoms with Crippen LogP contribution in [0.3, 0.4) is 0 Å². The molecule has 0 aliphatic heterocycles. The van der Waals surface area contributed by atoms with Crippen LogP contribution in [0.1, 0.15) is 62.6 Å². The third kappa shape index (κ3) is 8.14. The van der Waals surface area contributed by atoms with Crippen molar-refractivity contribution in [3.63, 3.8) is 0 Å². The van der Waals surface area contributed by atoms with Crippen LogP contribution in [0.5, 0.6) is 0 Å². The number of nitrogens with zero attached hydrogens (tertiary/aromatic N) is 2. The number of aromatic nitrogens is 2. The Morgan fingerprint density at radius 2 is 0.676 bits per heavy atom. The summed E-state index contributed by atoms with van der Waals surface area (Å²) in [5.74, 6) is -32.3. The minimum Gasteiger partial charge on any atom is -0.255 e. The van der Waals surface area contributed by atoms with Gasteiger partial charge in [0, 0.05) is 73.7 Å². The van der Waals surface area contributed by atoms with E-state index >= 15 is 52.7 Å². The Morgan fingerprint density at radius 1 is 0.365 bits per heavy atom. The molecule has 378 valence electrons. The number of benzene rings is 2. The zero-order valence-corrected chi connectivity index (χ0v) is 42.2. The predicted molar refractivity (Wildman–Crippen MR) is 276 cm³/mol. The van der Waals surface area contributed by atoms with Crippen molar-refractivity contribution >= 4 is 91.9 Å². The highest BCUT2D eigenvalue weighted by Gasteiger charge is 2.81. The largest absolute Gasteiger partial charge is 0.380 e. The fourth-order valence-corrected chi connectivity index (χ4v) is 13.2. The first-order valence-electron chi connectivity index (χ1n) is 22.5. The fraction of sp³-hybridized carbons (Fsp3) is 0.179. The summed E-state index contributed by atoms with van der Waals surface area (Å²) in [6.07, 6.45) is 9.21. The molecule has 74 heavy (non-hydrogen) atoms. The van der Waals surface area contributed by atoms with Crippen LogP contribution in [0.15, 0.2) is 122 Å². The third-order valence-corrected chi connectivity index (χ3v) is 17.2. The molecule has 2 aromatic carbocycles. The Kier molecular flexibility index (Phi) is 12.6. The summed E-state index contributed by atoms with van der Waals surface area (Å²) in [5.41, 5.74) is -4.26. The summed E-state index contributed by atoms with van der Waals surface area (Å²) < 4.78 is 188. The van der Waals surface area contributed by atoms with Gasteiger partial charge >= 0.3 is 35.5 Å². The number of thiophene rings is 4. The smallest absolute Gasteiger partial charge is 0.255 e. The van der Waals surface area contributed by atoms with Crippen LogP contribution in [0, 0.1) is 27.7 Å². The molecule has 18 heteroatoms. The van der Waals surface area contributed by atoms with Crippen LogP contribution in [0.25, 0.3) is 78.9 Å². The Hall–Kier alpha value is -6.34. The maximum Gasteiger partial charge on any atom is 0.380 e. The molecule has 2 aliphatic rings. The Labute approximate surface area is 432 Å². The van der Waals surface area contributed by atoms with Gasteiger partial charge in [-0.25, -0.2) is 0 Å². The van der Waals surface area contributed by atoms with Crippen LogP contribution in [0.2, 0.25) is 0 Å². The van der Waals surface area contributed by atoms with Crippen LogP contribution in [-0.2, 0) is 0 Å². The van der Waals surface area contributed by atoms with Crippen LogP contribution < -0.4 is 0 Å². The lowest BCUT2D eigenvalue weighted by atomic mass is 9.94. The van der Waals surface area contributed by atoms with Crippen molar-refractivity contribution in [1.29, 1.82) is 0 Å². The lowest BCUT2D eigenvalue weighted by Gasteiger charge is -2.25. The maximum absolute atomic E-state index is 15.9. The van der Waals surface area contributed by atoms with Crippen molar-refractivity contribution in [2.45, 2.75) is 63.2 Å². The lowest BCUT2D eigenvalue weighted by Crippen LogP contribution is -2.48. The summed E-state index contributed by atoms with van der Waals surface area (Å²) in [6.45, 7) is 5.66. The molecule has 0 saturated carbocycles. The Balaban J connectivity index is 0.928. The summed E-state index contributed by atoms with van der Waals surface area (Å²) in [7, 11) is 0. The van der Waals surface area contributed by atoms with Gasteiger partial charge in [-0.15, -0.1) is 45.3 Å². The number of hydrogen-bond donors (Lipinski definition) is 0. The van der Waals surface area contributed by atoms with Crippen molar-refractivity contribution in [3.05, 3.63) is 184 Å². The molecule has 0 fully saturated rings. The molecule has 0 N–H and O–H groups in total. The molecule has 6 heterocycles. The highest BCUT2D eigenvalue weighted by molar-refractivity contribution is 7.16. The molecule has 0 amide bonds. The molecule has 0 saturated heterocycles. The first-order chi connectivity index (χ1) is 34.9. The van der Waals surface area contributed by atoms with E-state index in [1.807, 2.05) is 0 Å². The van der Waals surface area contributed by atoms with Crippen molar-refractivity contribution in [2.24, 2.45) is 0 Å². The van der Waals surface area contributed by atoms with E-state index in [4.69, 9.17) is 0 Å². The molecule has 0 bridgehead atoms. The van der Waals surface area contributed by atoms with Gasteiger partial charge in [-0.1, -0.05) is 72.8 Å². The van der Waals surface area contributed by atoms with Gasteiger partial charge in [0.2, 0.25) is 0 Å². The van der Waals surface area contributed by atoms with E-state index in [0.29, 0.717) is 53.2 Å². The second-order valence-corrected chi connectivity index (χ2v) is 22.8. The van der Waals surface area contributed by atoms with Crippen molar-refractivity contribution in [3.8, 4) is 32.3 Å². The summed E-state index contributed by atoms with van der Waals surface area (Å²) >= 11 is 3.98. The van der Waals surface area contributed by atoms with E-state index in [9.17, 15) is 0 Å². The van der Waals surface area contributed by atoms with Gasteiger partial charge in [-0.05, 0) is 133 Å². The summed E-state index contributed by atoms with van der Waals surface area (Å²) in [6, 6.07) is 28.6. The molecule has 6 aromatic heterocycles. The standard InChI is InChI=1S/C56H36F12N2S4/c1-29-39(47-49(53(61,62)55(65,66)51(47,57)58)41-27-45(73-31(41)3)35-11-7-5-8-12-35)25-37(71-29)17-15-33-19-21-69-43(23-33)44-24-34(20-22-70-44)16-18-38-26-40(30(2)72-38)48-50(54(63,64)56(67,68)52(48,59)60)42-28-46(74-32(42)4)36-13-9-6-10-14-36/h5-28H,1-4H3/b17-15+,18-16+. The molecule has 2 nitrogen and oxygen atoms in total. The molecule has 0 spiro atoms. The first-order valence-corrected chi connectivity index (χ1v) is 25.7. The lowest BCUT2D eigenvalue weighted by molar-refractivity contribution is -0.254. The molecular formula is C56H36F12N2S4. The highest BCUT2D eigenvalue weighted by Crippen LogP contribution is 2.67. The summed E-state index contributed by atoms with van der Waals surface area (Å²) in [4.78, 5) is 10.9. The molecule has 8 aromatic rings. The second-order valence-electron chi connectivity index (χ2n) is 17.7. The zero-order valence-electron chi connectivity index (χ0n) is 38.9. The minimum atomic E-state index is -5.72.